The van der Waals surface area contributed by atoms with Crippen LogP contribution in [0.5, 0.6) is 0 Å². The molecule has 1 saturated carbocycles. The zero-order valence-corrected chi connectivity index (χ0v) is 11.6. The fourth-order valence-electron chi connectivity index (χ4n) is 3.04. The molecule has 0 aromatic carbocycles. The maximum Gasteiger partial charge on any atom is 0.0217 e. The Morgan fingerprint density at radius 3 is 2.81 bits per heavy atom. The minimum Gasteiger partial charge on any atom is -0.312 e. The largest absolute Gasteiger partial charge is 0.312 e. The summed E-state index contributed by atoms with van der Waals surface area (Å²) < 4.78 is 0. The molecule has 2 rings (SSSR count). The minimum atomic E-state index is 0.794. The number of piperidine rings is 1. The standard InChI is InChI=1S/C13H26N2S/c1-15-8-4-3-5-12(15)10-14-11-6-7-13(9-11)16-2/h11-14H,3-10H2,1-2H3. The first kappa shape index (κ1) is 12.7. The fraction of sp³-hybridized carbons (Fsp3) is 1.00. The highest BCUT2D eigenvalue weighted by Gasteiger charge is 2.25. The van der Waals surface area contributed by atoms with Gasteiger partial charge in [0, 0.05) is 23.9 Å². The van der Waals surface area contributed by atoms with Crippen LogP contribution in [-0.2, 0) is 0 Å². The molecule has 0 amide bonds. The van der Waals surface area contributed by atoms with Gasteiger partial charge in [0.1, 0.15) is 0 Å². The summed E-state index contributed by atoms with van der Waals surface area (Å²) in [4.78, 5) is 2.54. The molecule has 2 aliphatic rings. The summed E-state index contributed by atoms with van der Waals surface area (Å²) in [5.74, 6) is 0. The summed E-state index contributed by atoms with van der Waals surface area (Å²) >= 11 is 2.05. The van der Waals surface area contributed by atoms with Crippen LogP contribution in [0.25, 0.3) is 0 Å². The molecule has 1 heterocycles. The van der Waals surface area contributed by atoms with Crippen LogP contribution >= 0.6 is 11.8 Å². The van der Waals surface area contributed by atoms with Crippen molar-refractivity contribution in [3.8, 4) is 0 Å². The van der Waals surface area contributed by atoms with E-state index in [1.54, 1.807) is 0 Å². The molecule has 16 heavy (non-hydrogen) atoms. The van der Waals surface area contributed by atoms with Crippen molar-refractivity contribution in [1.29, 1.82) is 0 Å². The Bertz CT molecular complexity index is 210. The fourth-order valence-corrected chi connectivity index (χ4v) is 3.84. The number of likely N-dealkylation sites (N-methyl/N-ethyl adjacent to an activating group) is 1. The summed E-state index contributed by atoms with van der Waals surface area (Å²) in [7, 11) is 2.28. The maximum absolute atomic E-state index is 3.79. The van der Waals surface area contributed by atoms with Crippen molar-refractivity contribution in [3.63, 3.8) is 0 Å². The van der Waals surface area contributed by atoms with Crippen molar-refractivity contribution in [3.05, 3.63) is 0 Å². The van der Waals surface area contributed by atoms with E-state index in [0.29, 0.717) is 0 Å². The molecule has 1 aliphatic heterocycles. The van der Waals surface area contributed by atoms with Crippen molar-refractivity contribution in [2.24, 2.45) is 0 Å². The number of hydrogen-bond acceptors (Lipinski definition) is 3. The number of nitrogens with zero attached hydrogens (tertiary/aromatic N) is 1. The van der Waals surface area contributed by atoms with Gasteiger partial charge in [-0.3, -0.25) is 0 Å². The molecule has 1 saturated heterocycles. The molecule has 0 bridgehead atoms. The highest BCUT2D eigenvalue weighted by Crippen LogP contribution is 2.28. The van der Waals surface area contributed by atoms with Crippen molar-refractivity contribution in [2.45, 2.75) is 55.9 Å². The predicted octanol–water partition coefficient (Wildman–Crippen LogP) is 2.34. The second-order valence-electron chi connectivity index (χ2n) is 5.41. The molecule has 3 heteroatoms. The van der Waals surface area contributed by atoms with Crippen molar-refractivity contribution < 1.29 is 0 Å². The molecule has 2 fully saturated rings. The normalized spacial score (nSPS) is 36.8. The van der Waals surface area contributed by atoms with E-state index in [4.69, 9.17) is 0 Å². The van der Waals surface area contributed by atoms with Crippen LogP contribution in [-0.4, -0.2) is 48.6 Å². The van der Waals surface area contributed by atoms with Gasteiger partial charge in [0.15, 0.2) is 0 Å². The van der Waals surface area contributed by atoms with Crippen LogP contribution in [0.3, 0.4) is 0 Å². The molecule has 0 aromatic rings. The summed E-state index contributed by atoms with van der Waals surface area (Å²) in [6, 6.07) is 1.59. The van der Waals surface area contributed by atoms with E-state index in [0.717, 1.165) is 17.3 Å². The van der Waals surface area contributed by atoms with Crippen molar-refractivity contribution in [2.75, 3.05) is 26.4 Å². The SMILES string of the molecule is CSC1CCC(NCC2CCCCN2C)C1. The zero-order chi connectivity index (χ0) is 11.4. The average Bonchev–Trinajstić information content (AvgIpc) is 2.76. The lowest BCUT2D eigenvalue weighted by molar-refractivity contribution is 0.178. The highest BCUT2D eigenvalue weighted by atomic mass is 32.2. The Kier molecular flexibility index (Phi) is 4.98. The Morgan fingerprint density at radius 2 is 2.12 bits per heavy atom. The maximum atomic E-state index is 3.79. The summed E-state index contributed by atoms with van der Waals surface area (Å²) in [6.45, 7) is 2.51. The van der Waals surface area contributed by atoms with E-state index in [1.165, 1.54) is 51.6 Å². The highest BCUT2D eigenvalue weighted by molar-refractivity contribution is 7.99. The van der Waals surface area contributed by atoms with E-state index >= 15 is 0 Å². The number of likely N-dealkylation sites (tertiary alicyclic amines) is 1. The van der Waals surface area contributed by atoms with Gasteiger partial charge in [-0.2, -0.15) is 11.8 Å². The molecule has 3 atom stereocenters. The van der Waals surface area contributed by atoms with E-state index in [2.05, 4.69) is 23.5 Å². The Balaban J connectivity index is 1.67. The van der Waals surface area contributed by atoms with E-state index < -0.39 is 0 Å². The van der Waals surface area contributed by atoms with Crippen LogP contribution in [0.2, 0.25) is 0 Å². The summed E-state index contributed by atoms with van der Waals surface area (Å²) in [5.41, 5.74) is 0. The molecule has 0 spiro atoms. The Hall–Kier alpha value is 0.270. The lowest BCUT2D eigenvalue weighted by atomic mass is 10.0. The third-order valence-electron chi connectivity index (χ3n) is 4.28. The van der Waals surface area contributed by atoms with Crippen LogP contribution < -0.4 is 5.32 Å². The number of thioether (sulfide) groups is 1. The van der Waals surface area contributed by atoms with E-state index in [9.17, 15) is 0 Å². The van der Waals surface area contributed by atoms with Gasteiger partial charge in [0.25, 0.3) is 0 Å². The number of nitrogens with one attached hydrogen (secondary N) is 1. The Labute approximate surface area is 105 Å². The first-order valence-corrected chi connectivity index (χ1v) is 8.05. The van der Waals surface area contributed by atoms with Gasteiger partial charge >= 0.3 is 0 Å². The minimum absolute atomic E-state index is 0.794. The first-order valence-electron chi connectivity index (χ1n) is 6.76. The molecular formula is C13H26N2S. The van der Waals surface area contributed by atoms with Crippen LogP contribution in [0.4, 0.5) is 0 Å². The number of rotatable bonds is 4. The van der Waals surface area contributed by atoms with Gasteiger partial charge in [0.05, 0.1) is 0 Å². The van der Waals surface area contributed by atoms with Crippen LogP contribution in [0.15, 0.2) is 0 Å². The van der Waals surface area contributed by atoms with E-state index in [1.807, 2.05) is 11.8 Å². The second kappa shape index (κ2) is 6.27. The van der Waals surface area contributed by atoms with Gasteiger partial charge in [-0.1, -0.05) is 6.42 Å². The lowest BCUT2D eigenvalue weighted by Gasteiger charge is -2.33. The third kappa shape index (κ3) is 3.38. The smallest absolute Gasteiger partial charge is 0.0217 e. The molecule has 1 N–H and O–H groups in total. The molecule has 2 nitrogen and oxygen atoms in total. The van der Waals surface area contributed by atoms with Gasteiger partial charge in [-0.15, -0.1) is 0 Å². The first-order chi connectivity index (χ1) is 7.79. The summed E-state index contributed by atoms with van der Waals surface area (Å²) in [6.07, 6.45) is 10.7. The predicted molar refractivity (Wildman–Crippen MR) is 73.2 cm³/mol. The molecular weight excluding hydrogens is 216 g/mol. The zero-order valence-electron chi connectivity index (χ0n) is 10.7. The van der Waals surface area contributed by atoms with Gasteiger partial charge in [0.2, 0.25) is 0 Å². The molecule has 0 aromatic heterocycles. The second-order valence-corrected chi connectivity index (χ2v) is 6.54. The van der Waals surface area contributed by atoms with Gasteiger partial charge < -0.3 is 10.2 Å². The number of hydrogen-bond donors (Lipinski definition) is 1. The average molecular weight is 242 g/mol. The van der Waals surface area contributed by atoms with Gasteiger partial charge in [-0.05, 0) is 52.0 Å². The van der Waals surface area contributed by atoms with Crippen molar-refractivity contribution >= 4 is 11.8 Å². The lowest BCUT2D eigenvalue weighted by Crippen LogP contribution is -2.45. The Morgan fingerprint density at radius 1 is 1.25 bits per heavy atom. The quantitative estimate of drug-likeness (QED) is 0.814. The topological polar surface area (TPSA) is 15.3 Å². The molecule has 3 unspecified atom stereocenters. The van der Waals surface area contributed by atoms with Gasteiger partial charge in [-0.25, -0.2) is 0 Å². The molecule has 1 aliphatic carbocycles. The third-order valence-corrected chi connectivity index (χ3v) is 5.38. The van der Waals surface area contributed by atoms with E-state index in [-0.39, 0.29) is 0 Å². The van der Waals surface area contributed by atoms with Crippen LogP contribution in [0, 0.1) is 0 Å². The van der Waals surface area contributed by atoms with Crippen molar-refractivity contribution in [1.82, 2.24) is 10.2 Å². The molecule has 0 radical (unpaired) electrons. The molecule has 94 valence electrons. The van der Waals surface area contributed by atoms with Crippen LogP contribution in [0.1, 0.15) is 38.5 Å². The monoisotopic (exact) mass is 242 g/mol. The summed E-state index contributed by atoms with van der Waals surface area (Å²) in [5, 5.41) is 4.71.